The van der Waals surface area contributed by atoms with Crippen LogP contribution in [0.2, 0.25) is 5.02 Å². The van der Waals surface area contributed by atoms with Gasteiger partial charge < -0.3 is 4.74 Å². The van der Waals surface area contributed by atoms with Gasteiger partial charge in [0.2, 0.25) is 0 Å². The highest BCUT2D eigenvalue weighted by molar-refractivity contribution is 6.32. The van der Waals surface area contributed by atoms with Gasteiger partial charge in [-0.3, -0.25) is 0 Å². The smallest absolute Gasteiger partial charge is 0.137 e. The lowest BCUT2D eigenvalue weighted by atomic mass is 9.99. The number of benzene rings is 2. The quantitative estimate of drug-likeness (QED) is 0.751. The highest BCUT2D eigenvalue weighted by Gasteiger charge is 2.06. The maximum absolute atomic E-state index is 6.14. The minimum atomic E-state index is 0.643. The summed E-state index contributed by atoms with van der Waals surface area (Å²) in [4.78, 5) is 0. The molecule has 0 atom stereocenters. The third-order valence-corrected chi connectivity index (χ3v) is 3.14. The zero-order chi connectivity index (χ0) is 12.4. The summed E-state index contributed by atoms with van der Waals surface area (Å²) >= 11 is 6.14. The summed E-state index contributed by atoms with van der Waals surface area (Å²) in [6, 6.07) is 12.3. The lowest BCUT2D eigenvalue weighted by molar-refractivity contribution is 0.415. The van der Waals surface area contributed by atoms with Crippen molar-refractivity contribution in [1.82, 2.24) is 0 Å². The van der Waals surface area contributed by atoms with Crippen molar-refractivity contribution < 1.29 is 4.74 Å². The molecule has 0 fully saturated rings. The highest BCUT2D eigenvalue weighted by atomic mass is 35.5. The SMILES string of the molecule is COc1ccc(-c2ccc(C)cc2C)cc1Cl. The van der Waals surface area contributed by atoms with E-state index in [1.807, 2.05) is 18.2 Å². The summed E-state index contributed by atoms with van der Waals surface area (Å²) < 4.78 is 5.15. The molecule has 0 unspecified atom stereocenters. The van der Waals surface area contributed by atoms with Crippen molar-refractivity contribution in [1.29, 1.82) is 0 Å². The first-order valence-electron chi connectivity index (χ1n) is 5.53. The van der Waals surface area contributed by atoms with E-state index in [0.29, 0.717) is 10.8 Å². The van der Waals surface area contributed by atoms with Crippen LogP contribution in [0, 0.1) is 13.8 Å². The Balaban J connectivity index is 2.50. The Kier molecular flexibility index (Phi) is 3.39. The first-order valence-corrected chi connectivity index (χ1v) is 5.91. The topological polar surface area (TPSA) is 9.23 Å². The molecule has 0 amide bonds. The molecule has 0 aromatic heterocycles. The van der Waals surface area contributed by atoms with Crippen molar-refractivity contribution in [3.05, 3.63) is 52.5 Å². The van der Waals surface area contributed by atoms with Crippen LogP contribution < -0.4 is 4.74 Å². The van der Waals surface area contributed by atoms with Crippen molar-refractivity contribution in [3.63, 3.8) is 0 Å². The molecule has 0 N–H and O–H groups in total. The van der Waals surface area contributed by atoms with Crippen LogP contribution in [-0.4, -0.2) is 7.11 Å². The molecule has 88 valence electrons. The second kappa shape index (κ2) is 4.80. The van der Waals surface area contributed by atoms with Crippen molar-refractivity contribution in [3.8, 4) is 16.9 Å². The highest BCUT2D eigenvalue weighted by Crippen LogP contribution is 2.31. The minimum absolute atomic E-state index is 0.643. The number of hydrogen-bond acceptors (Lipinski definition) is 1. The summed E-state index contributed by atoms with van der Waals surface area (Å²) in [5.74, 6) is 0.709. The van der Waals surface area contributed by atoms with E-state index < -0.39 is 0 Å². The van der Waals surface area contributed by atoms with Gasteiger partial charge in [-0.15, -0.1) is 0 Å². The maximum Gasteiger partial charge on any atom is 0.137 e. The molecule has 0 radical (unpaired) electrons. The molecule has 2 aromatic carbocycles. The number of halogens is 1. The summed E-state index contributed by atoms with van der Waals surface area (Å²) in [6.45, 7) is 4.21. The van der Waals surface area contributed by atoms with E-state index in [-0.39, 0.29) is 0 Å². The van der Waals surface area contributed by atoms with E-state index in [1.165, 1.54) is 16.7 Å². The summed E-state index contributed by atoms with van der Waals surface area (Å²) in [5.41, 5.74) is 4.85. The van der Waals surface area contributed by atoms with Gasteiger partial charge in [0.25, 0.3) is 0 Å². The monoisotopic (exact) mass is 246 g/mol. The predicted molar refractivity (Wildman–Crippen MR) is 72.9 cm³/mol. The lowest BCUT2D eigenvalue weighted by Crippen LogP contribution is -1.87. The molecule has 2 heteroatoms. The molecule has 0 aliphatic rings. The number of rotatable bonds is 2. The number of hydrogen-bond donors (Lipinski definition) is 0. The second-order valence-electron chi connectivity index (χ2n) is 4.17. The molecule has 0 saturated carbocycles. The molecule has 0 saturated heterocycles. The maximum atomic E-state index is 6.14. The fourth-order valence-electron chi connectivity index (χ4n) is 1.97. The molecular formula is C15H15ClO. The Morgan fingerprint density at radius 3 is 2.35 bits per heavy atom. The Hall–Kier alpha value is -1.47. The largest absolute Gasteiger partial charge is 0.495 e. The Labute approximate surface area is 107 Å². The van der Waals surface area contributed by atoms with Gasteiger partial charge in [0.05, 0.1) is 12.1 Å². The van der Waals surface area contributed by atoms with Crippen LogP contribution in [-0.2, 0) is 0 Å². The number of ether oxygens (including phenoxy) is 1. The van der Waals surface area contributed by atoms with Crippen molar-refractivity contribution >= 4 is 11.6 Å². The molecule has 0 bridgehead atoms. The van der Waals surface area contributed by atoms with E-state index in [9.17, 15) is 0 Å². The first-order chi connectivity index (χ1) is 8.11. The molecule has 0 aliphatic heterocycles. The zero-order valence-electron chi connectivity index (χ0n) is 10.3. The normalized spacial score (nSPS) is 10.4. The zero-order valence-corrected chi connectivity index (χ0v) is 11.0. The van der Waals surface area contributed by atoms with E-state index >= 15 is 0 Å². The van der Waals surface area contributed by atoms with E-state index in [1.54, 1.807) is 7.11 Å². The average molecular weight is 247 g/mol. The molecule has 17 heavy (non-hydrogen) atoms. The van der Waals surface area contributed by atoms with Crippen molar-refractivity contribution in [2.24, 2.45) is 0 Å². The Morgan fingerprint density at radius 1 is 1.00 bits per heavy atom. The fraction of sp³-hybridized carbons (Fsp3) is 0.200. The van der Waals surface area contributed by atoms with Gasteiger partial charge in [-0.25, -0.2) is 0 Å². The van der Waals surface area contributed by atoms with Crippen molar-refractivity contribution in [2.75, 3.05) is 7.11 Å². The van der Waals surface area contributed by atoms with Crippen molar-refractivity contribution in [2.45, 2.75) is 13.8 Å². The summed E-state index contributed by atoms with van der Waals surface area (Å²) in [6.07, 6.45) is 0. The van der Waals surface area contributed by atoms with Gasteiger partial charge >= 0.3 is 0 Å². The summed E-state index contributed by atoms with van der Waals surface area (Å²) in [5, 5.41) is 0.643. The molecule has 1 nitrogen and oxygen atoms in total. The molecular weight excluding hydrogens is 232 g/mol. The van der Waals surface area contributed by atoms with Gasteiger partial charge in [0.15, 0.2) is 0 Å². The fourth-order valence-corrected chi connectivity index (χ4v) is 2.23. The molecule has 0 spiro atoms. The third kappa shape index (κ3) is 2.45. The number of methoxy groups -OCH3 is 1. The first kappa shape index (κ1) is 12.0. The molecule has 2 aromatic rings. The van der Waals surface area contributed by atoms with Crippen LogP contribution in [0.5, 0.6) is 5.75 Å². The predicted octanol–water partition coefficient (Wildman–Crippen LogP) is 4.63. The van der Waals surface area contributed by atoms with Crippen LogP contribution in [0.4, 0.5) is 0 Å². The Morgan fingerprint density at radius 2 is 1.76 bits per heavy atom. The van der Waals surface area contributed by atoms with E-state index in [0.717, 1.165) is 5.56 Å². The van der Waals surface area contributed by atoms with Crippen LogP contribution in [0.25, 0.3) is 11.1 Å². The van der Waals surface area contributed by atoms with Gasteiger partial charge in [0.1, 0.15) is 5.75 Å². The van der Waals surface area contributed by atoms with Gasteiger partial charge in [-0.1, -0.05) is 41.4 Å². The van der Waals surface area contributed by atoms with Gasteiger partial charge in [-0.05, 0) is 42.7 Å². The summed E-state index contributed by atoms with van der Waals surface area (Å²) in [7, 11) is 1.62. The van der Waals surface area contributed by atoms with E-state index in [4.69, 9.17) is 16.3 Å². The second-order valence-corrected chi connectivity index (χ2v) is 4.57. The Bertz CT molecular complexity index is 547. The van der Waals surface area contributed by atoms with Crippen LogP contribution in [0.3, 0.4) is 0 Å². The molecule has 0 heterocycles. The third-order valence-electron chi connectivity index (χ3n) is 2.84. The molecule has 0 aliphatic carbocycles. The molecule has 2 rings (SSSR count). The van der Waals surface area contributed by atoms with E-state index in [2.05, 4.69) is 32.0 Å². The standard InChI is InChI=1S/C15H15ClO/c1-10-4-6-13(11(2)8-10)12-5-7-15(17-3)14(16)9-12/h4-9H,1-3H3. The lowest BCUT2D eigenvalue weighted by Gasteiger charge is -2.09. The van der Waals surface area contributed by atoms with Crippen LogP contribution in [0.1, 0.15) is 11.1 Å². The average Bonchev–Trinajstić information content (AvgIpc) is 2.29. The minimum Gasteiger partial charge on any atom is -0.495 e. The van der Waals surface area contributed by atoms with Gasteiger partial charge in [-0.2, -0.15) is 0 Å². The number of aryl methyl sites for hydroxylation is 2. The van der Waals surface area contributed by atoms with Gasteiger partial charge in [0, 0.05) is 0 Å². The van der Waals surface area contributed by atoms with Crippen LogP contribution >= 0.6 is 11.6 Å². The van der Waals surface area contributed by atoms with Crippen LogP contribution in [0.15, 0.2) is 36.4 Å².